The van der Waals surface area contributed by atoms with Crippen molar-refractivity contribution in [1.29, 1.82) is 0 Å². The van der Waals surface area contributed by atoms with Crippen molar-refractivity contribution in [3.05, 3.63) is 11.3 Å². The average molecular weight is 251 g/mol. The van der Waals surface area contributed by atoms with E-state index < -0.39 is 5.54 Å². The number of nitrogens with zero attached hydrogens (tertiary/aromatic N) is 3. The summed E-state index contributed by atoms with van der Waals surface area (Å²) < 4.78 is 1.82. The molecular weight excluding hydrogens is 230 g/mol. The van der Waals surface area contributed by atoms with Crippen molar-refractivity contribution in [2.45, 2.75) is 32.9 Å². The monoisotopic (exact) mass is 251 g/mol. The van der Waals surface area contributed by atoms with Crippen LogP contribution in [0.1, 0.15) is 25.1 Å². The van der Waals surface area contributed by atoms with E-state index in [1.54, 1.807) is 0 Å². The summed E-state index contributed by atoms with van der Waals surface area (Å²) in [5, 5.41) is 7.31. The number of hydrogen-bond acceptors (Lipinski definition) is 4. The SMILES string of the molecule is Cc1nn(C)c(N2CCNC(=O)C2(C)C)c1CN. The predicted molar refractivity (Wildman–Crippen MR) is 70.3 cm³/mol. The molecule has 1 aliphatic heterocycles. The Balaban J connectivity index is 2.51. The lowest BCUT2D eigenvalue weighted by molar-refractivity contribution is -0.126. The molecule has 0 saturated carbocycles. The Morgan fingerprint density at radius 1 is 1.50 bits per heavy atom. The molecule has 0 aliphatic carbocycles. The van der Waals surface area contributed by atoms with Crippen molar-refractivity contribution in [1.82, 2.24) is 15.1 Å². The van der Waals surface area contributed by atoms with Gasteiger partial charge in [0.15, 0.2) is 0 Å². The number of carbonyl (C=O) groups excluding carboxylic acids is 1. The quantitative estimate of drug-likeness (QED) is 0.769. The minimum absolute atomic E-state index is 0.0376. The summed E-state index contributed by atoms with van der Waals surface area (Å²) in [6, 6.07) is 0. The predicted octanol–water partition coefficient (Wildman–Crippen LogP) is -0.0980. The first-order valence-corrected chi connectivity index (χ1v) is 6.18. The molecule has 0 radical (unpaired) electrons. The Hall–Kier alpha value is -1.56. The van der Waals surface area contributed by atoms with E-state index in [1.165, 1.54) is 0 Å². The molecular formula is C12H21N5O. The first kappa shape index (κ1) is 12.9. The maximum absolute atomic E-state index is 12.0. The number of amides is 1. The third-order valence-electron chi connectivity index (χ3n) is 3.62. The zero-order chi connectivity index (χ0) is 13.5. The zero-order valence-electron chi connectivity index (χ0n) is 11.4. The first-order valence-electron chi connectivity index (χ1n) is 6.18. The minimum Gasteiger partial charge on any atom is -0.352 e. The van der Waals surface area contributed by atoms with Crippen molar-refractivity contribution in [3.8, 4) is 0 Å². The third kappa shape index (κ3) is 1.77. The number of nitrogens with two attached hydrogens (primary N) is 1. The van der Waals surface area contributed by atoms with Gasteiger partial charge in [-0.1, -0.05) is 0 Å². The summed E-state index contributed by atoms with van der Waals surface area (Å²) in [7, 11) is 1.89. The lowest BCUT2D eigenvalue weighted by Gasteiger charge is -2.42. The van der Waals surface area contributed by atoms with E-state index in [0.29, 0.717) is 13.1 Å². The molecule has 3 N–H and O–H groups in total. The Bertz CT molecular complexity index is 477. The van der Waals surface area contributed by atoms with Gasteiger partial charge in [-0.15, -0.1) is 0 Å². The van der Waals surface area contributed by atoms with Crippen LogP contribution >= 0.6 is 0 Å². The van der Waals surface area contributed by atoms with E-state index in [0.717, 1.165) is 23.6 Å². The smallest absolute Gasteiger partial charge is 0.245 e. The van der Waals surface area contributed by atoms with E-state index in [9.17, 15) is 4.79 Å². The van der Waals surface area contributed by atoms with Crippen molar-refractivity contribution in [2.24, 2.45) is 12.8 Å². The highest BCUT2D eigenvalue weighted by Crippen LogP contribution is 2.30. The fourth-order valence-electron chi connectivity index (χ4n) is 2.54. The molecule has 1 amide bonds. The lowest BCUT2D eigenvalue weighted by Crippen LogP contribution is -2.62. The molecule has 1 saturated heterocycles. The Labute approximate surface area is 107 Å². The molecule has 0 bridgehead atoms. The lowest BCUT2D eigenvalue weighted by atomic mass is 9.98. The van der Waals surface area contributed by atoms with Gasteiger partial charge >= 0.3 is 0 Å². The molecule has 0 spiro atoms. The Morgan fingerprint density at radius 3 is 2.78 bits per heavy atom. The Morgan fingerprint density at radius 2 is 2.17 bits per heavy atom. The second-order valence-electron chi connectivity index (χ2n) is 5.18. The fourth-order valence-corrected chi connectivity index (χ4v) is 2.54. The highest BCUT2D eigenvalue weighted by molar-refractivity contribution is 5.90. The van der Waals surface area contributed by atoms with Gasteiger partial charge in [-0.25, -0.2) is 0 Å². The topological polar surface area (TPSA) is 76.2 Å². The van der Waals surface area contributed by atoms with E-state index in [4.69, 9.17) is 5.73 Å². The molecule has 2 heterocycles. The molecule has 6 nitrogen and oxygen atoms in total. The molecule has 2 rings (SSSR count). The number of aryl methyl sites for hydroxylation is 2. The van der Waals surface area contributed by atoms with Gasteiger partial charge in [-0.05, 0) is 20.8 Å². The number of hydrogen-bond donors (Lipinski definition) is 2. The number of aromatic nitrogens is 2. The van der Waals surface area contributed by atoms with Crippen LogP contribution in [0.5, 0.6) is 0 Å². The summed E-state index contributed by atoms with van der Waals surface area (Å²) in [4.78, 5) is 14.1. The number of anilines is 1. The molecule has 0 unspecified atom stereocenters. The van der Waals surface area contributed by atoms with E-state index in [2.05, 4.69) is 15.3 Å². The van der Waals surface area contributed by atoms with Crippen LogP contribution in [0.4, 0.5) is 5.82 Å². The average Bonchev–Trinajstić information content (AvgIpc) is 2.57. The molecule has 1 aromatic heterocycles. The van der Waals surface area contributed by atoms with Crippen molar-refractivity contribution in [2.75, 3.05) is 18.0 Å². The second-order valence-corrected chi connectivity index (χ2v) is 5.18. The number of piperazine rings is 1. The summed E-state index contributed by atoms with van der Waals surface area (Å²) in [5.41, 5.74) is 7.17. The molecule has 1 fully saturated rings. The highest BCUT2D eigenvalue weighted by Gasteiger charge is 2.40. The summed E-state index contributed by atoms with van der Waals surface area (Å²) in [5.74, 6) is 0.991. The van der Waals surface area contributed by atoms with Crippen LogP contribution in [-0.2, 0) is 18.4 Å². The van der Waals surface area contributed by atoms with Gasteiger partial charge in [0.05, 0.1) is 5.69 Å². The van der Waals surface area contributed by atoms with Gasteiger partial charge in [0.25, 0.3) is 0 Å². The molecule has 18 heavy (non-hydrogen) atoms. The van der Waals surface area contributed by atoms with Gasteiger partial charge < -0.3 is 16.0 Å². The van der Waals surface area contributed by atoms with Crippen LogP contribution in [0.25, 0.3) is 0 Å². The minimum atomic E-state index is -0.581. The van der Waals surface area contributed by atoms with Gasteiger partial charge in [-0.2, -0.15) is 5.10 Å². The maximum atomic E-state index is 12.0. The van der Waals surface area contributed by atoms with Crippen LogP contribution < -0.4 is 16.0 Å². The van der Waals surface area contributed by atoms with Crippen molar-refractivity contribution < 1.29 is 4.79 Å². The number of carbonyl (C=O) groups is 1. The van der Waals surface area contributed by atoms with Crippen LogP contribution in [-0.4, -0.2) is 34.3 Å². The van der Waals surface area contributed by atoms with Gasteiger partial charge in [0, 0.05) is 32.2 Å². The number of nitrogens with one attached hydrogen (secondary N) is 1. The van der Waals surface area contributed by atoms with Gasteiger partial charge in [0.2, 0.25) is 5.91 Å². The van der Waals surface area contributed by atoms with Crippen molar-refractivity contribution >= 4 is 11.7 Å². The molecule has 1 aliphatic rings. The normalized spacial score (nSPS) is 18.9. The summed E-state index contributed by atoms with van der Waals surface area (Å²) >= 11 is 0. The standard InChI is InChI=1S/C12H21N5O/c1-8-9(7-13)10(16(4)15-8)17-6-5-14-11(18)12(17,2)3/h5-7,13H2,1-4H3,(H,14,18). The summed E-state index contributed by atoms with van der Waals surface area (Å²) in [6.45, 7) is 7.64. The van der Waals surface area contributed by atoms with Crippen LogP contribution in [0, 0.1) is 6.92 Å². The second kappa shape index (κ2) is 4.28. The van der Waals surface area contributed by atoms with E-state index in [-0.39, 0.29) is 5.91 Å². The Kier molecular flexibility index (Phi) is 3.06. The van der Waals surface area contributed by atoms with E-state index in [1.807, 2.05) is 32.5 Å². The molecule has 100 valence electrons. The number of rotatable bonds is 2. The van der Waals surface area contributed by atoms with Gasteiger partial charge in [0.1, 0.15) is 11.4 Å². The third-order valence-corrected chi connectivity index (χ3v) is 3.62. The fraction of sp³-hybridized carbons (Fsp3) is 0.667. The maximum Gasteiger partial charge on any atom is 0.245 e. The molecule has 0 aromatic carbocycles. The molecule has 0 atom stereocenters. The van der Waals surface area contributed by atoms with Crippen LogP contribution in [0.2, 0.25) is 0 Å². The van der Waals surface area contributed by atoms with Crippen molar-refractivity contribution in [3.63, 3.8) is 0 Å². The van der Waals surface area contributed by atoms with Crippen LogP contribution in [0.3, 0.4) is 0 Å². The summed E-state index contributed by atoms with van der Waals surface area (Å²) in [6.07, 6.45) is 0. The highest BCUT2D eigenvalue weighted by atomic mass is 16.2. The van der Waals surface area contributed by atoms with E-state index >= 15 is 0 Å². The van der Waals surface area contributed by atoms with Gasteiger partial charge in [-0.3, -0.25) is 9.48 Å². The molecule has 6 heteroatoms. The largest absolute Gasteiger partial charge is 0.352 e. The zero-order valence-corrected chi connectivity index (χ0v) is 11.4. The van der Waals surface area contributed by atoms with Crippen LogP contribution in [0.15, 0.2) is 0 Å². The first-order chi connectivity index (χ1) is 8.39. The molecule has 1 aromatic rings.